The number of benzene rings is 1. The Labute approximate surface area is 116 Å². The van der Waals surface area contributed by atoms with Crippen LogP contribution in [0, 0.1) is 0 Å². The van der Waals surface area contributed by atoms with Crippen molar-refractivity contribution in [3.05, 3.63) is 41.2 Å². The molecule has 0 saturated carbocycles. The summed E-state index contributed by atoms with van der Waals surface area (Å²) in [5.41, 5.74) is 1.02. The van der Waals surface area contributed by atoms with Gasteiger partial charge in [-0.15, -0.1) is 4.98 Å². The van der Waals surface area contributed by atoms with Crippen LogP contribution in [0.4, 0.5) is 0 Å². The fourth-order valence-electron chi connectivity index (χ4n) is 1.36. The second kappa shape index (κ2) is 6.33. The molecule has 1 aromatic heterocycles. The van der Waals surface area contributed by atoms with Crippen molar-refractivity contribution in [1.29, 1.82) is 0 Å². The maximum atomic E-state index is 5.79. The molecule has 100 valence electrons. The molecule has 0 atom stereocenters. The molecule has 5 nitrogen and oxygen atoms in total. The molecule has 0 unspecified atom stereocenters. The smallest absolute Gasteiger partial charge is 0.324 e. The molecule has 19 heavy (non-hydrogen) atoms. The van der Waals surface area contributed by atoms with E-state index in [0.29, 0.717) is 6.61 Å². The highest BCUT2D eigenvalue weighted by atomic mass is 35.5. The number of hydrogen-bond donors (Lipinski definition) is 0. The van der Waals surface area contributed by atoms with Gasteiger partial charge in [-0.2, -0.15) is 9.97 Å². The van der Waals surface area contributed by atoms with Gasteiger partial charge in [0, 0.05) is 0 Å². The van der Waals surface area contributed by atoms with Crippen molar-refractivity contribution in [3.63, 3.8) is 0 Å². The second-order valence-corrected chi connectivity index (χ2v) is 4.45. The highest BCUT2D eigenvalue weighted by Gasteiger charge is 2.08. The standard InChI is InChI=1S/C13H14ClN3O2/c1-9(2)19-13-16-11(14)15-12(17-13)18-8-10-6-4-3-5-7-10/h3-7,9H,8H2,1-2H3. The lowest BCUT2D eigenvalue weighted by Crippen LogP contribution is -2.10. The Kier molecular flexibility index (Phi) is 4.52. The van der Waals surface area contributed by atoms with Crippen molar-refractivity contribution in [2.45, 2.75) is 26.6 Å². The third kappa shape index (κ3) is 4.37. The Morgan fingerprint density at radius 3 is 2.42 bits per heavy atom. The Hall–Kier alpha value is -1.88. The van der Waals surface area contributed by atoms with E-state index in [2.05, 4.69) is 15.0 Å². The summed E-state index contributed by atoms with van der Waals surface area (Å²) in [6.45, 7) is 4.12. The van der Waals surface area contributed by atoms with Crippen LogP contribution in [0.1, 0.15) is 19.4 Å². The van der Waals surface area contributed by atoms with E-state index in [-0.39, 0.29) is 23.4 Å². The number of nitrogens with zero attached hydrogens (tertiary/aromatic N) is 3. The van der Waals surface area contributed by atoms with Gasteiger partial charge in [0.25, 0.3) is 0 Å². The summed E-state index contributed by atoms with van der Waals surface area (Å²) < 4.78 is 10.8. The molecule has 0 bridgehead atoms. The molecule has 0 aliphatic heterocycles. The predicted molar refractivity (Wildman–Crippen MR) is 71.4 cm³/mol. The number of halogens is 1. The van der Waals surface area contributed by atoms with Crippen LogP contribution in [0.15, 0.2) is 30.3 Å². The Morgan fingerprint density at radius 2 is 1.74 bits per heavy atom. The van der Waals surface area contributed by atoms with E-state index in [0.717, 1.165) is 5.56 Å². The summed E-state index contributed by atoms with van der Waals surface area (Å²) in [4.78, 5) is 11.8. The van der Waals surface area contributed by atoms with Crippen LogP contribution in [0.25, 0.3) is 0 Å². The van der Waals surface area contributed by atoms with E-state index >= 15 is 0 Å². The molecule has 0 N–H and O–H groups in total. The van der Waals surface area contributed by atoms with E-state index in [9.17, 15) is 0 Å². The van der Waals surface area contributed by atoms with Gasteiger partial charge in [0.1, 0.15) is 6.61 Å². The Morgan fingerprint density at radius 1 is 1.05 bits per heavy atom. The quantitative estimate of drug-likeness (QED) is 0.842. The number of aromatic nitrogens is 3. The first-order chi connectivity index (χ1) is 9.13. The van der Waals surface area contributed by atoms with Gasteiger partial charge in [-0.05, 0) is 31.0 Å². The maximum absolute atomic E-state index is 5.79. The SMILES string of the molecule is CC(C)Oc1nc(Cl)nc(OCc2ccccc2)n1. The van der Waals surface area contributed by atoms with Gasteiger partial charge in [-0.1, -0.05) is 30.3 Å². The summed E-state index contributed by atoms with van der Waals surface area (Å²) in [5, 5.41) is 0.0497. The average molecular weight is 280 g/mol. The molecule has 0 aliphatic rings. The van der Waals surface area contributed by atoms with Crippen molar-refractivity contribution in [3.8, 4) is 12.0 Å². The van der Waals surface area contributed by atoms with Crippen molar-refractivity contribution in [1.82, 2.24) is 15.0 Å². The fourth-order valence-corrected chi connectivity index (χ4v) is 1.51. The van der Waals surface area contributed by atoms with Gasteiger partial charge < -0.3 is 9.47 Å². The first-order valence-electron chi connectivity index (χ1n) is 5.88. The summed E-state index contributed by atoms with van der Waals surface area (Å²) in [7, 11) is 0. The normalized spacial score (nSPS) is 10.5. The minimum atomic E-state index is -0.0413. The molecule has 0 amide bonds. The molecular weight excluding hydrogens is 266 g/mol. The molecule has 0 spiro atoms. The Balaban J connectivity index is 2.05. The van der Waals surface area contributed by atoms with Crippen molar-refractivity contribution in [2.24, 2.45) is 0 Å². The van der Waals surface area contributed by atoms with Gasteiger partial charge in [-0.25, -0.2) is 0 Å². The molecule has 6 heteroatoms. The first-order valence-corrected chi connectivity index (χ1v) is 6.26. The zero-order valence-electron chi connectivity index (χ0n) is 10.7. The van der Waals surface area contributed by atoms with Crippen molar-refractivity contribution < 1.29 is 9.47 Å². The van der Waals surface area contributed by atoms with E-state index < -0.39 is 0 Å². The second-order valence-electron chi connectivity index (χ2n) is 4.11. The van der Waals surface area contributed by atoms with Gasteiger partial charge in [0.05, 0.1) is 6.10 Å². The predicted octanol–water partition coefficient (Wildman–Crippen LogP) is 2.89. The fraction of sp³-hybridized carbons (Fsp3) is 0.308. The molecular formula is C13H14ClN3O2. The van der Waals surface area contributed by atoms with E-state index in [1.165, 1.54) is 0 Å². The lowest BCUT2D eigenvalue weighted by Gasteiger charge is -2.09. The zero-order chi connectivity index (χ0) is 13.7. The molecule has 2 aromatic rings. The molecule has 0 saturated heterocycles. The van der Waals surface area contributed by atoms with Crippen molar-refractivity contribution in [2.75, 3.05) is 0 Å². The van der Waals surface area contributed by atoms with E-state index in [1.54, 1.807) is 0 Å². The average Bonchev–Trinajstić information content (AvgIpc) is 2.36. The molecule has 0 aliphatic carbocycles. The van der Waals surface area contributed by atoms with Crippen LogP contribution >= 0.6 is 11.6 Å². The topological polar surface area (TPSA) is 57.1 Å². The molecule has 1 aromatic carbocycles. The number of ether oxygens (including phenoxy) is 2. The monoisotopic (exact) mass is 279 g/mol. The van der Waals surface area contributed by atoms with Gasteiger partial charge in [0.15, 0.2) is 0 Å². The molecule has 1 heterocycles. The maximum Gasteiger partial charge on any atom is 0.324 e. The zero-order valence-corrected chi connectivity index (χ0v) is 11.5. The third-order valence-corrected chi connectivity index (χ3v) is 2.29. The van der Waals surface area contributed by atoms with Gasteiger partial charge in [-0.3, -0.25) is 0 Å². The summed E-state index contributed by atoms with van der Waals surface area (Å²) in [6, 6.07) is 10.0. The Bertz CT molecular complexity index is 535. The number of rotatable bonds is 5. The van der Waals surface area contributed by atoms with Crippen LogP contribution < -0.4 is 9.47 Å². The molecule has 0 fully saturated rings. The molecule has 2 rings (SSSR count). The number of hydrogen-bond acceptors (Lipinski definition) is 5. The third-order valence-electron chi connectivity index (χ3n) is 2.12. The van der Waals surface area contributed by atoms with Crippen LogP contribution in [-0.4, -0.2) is 21.1 Å². The first kappa shape index (κ1) is 13.5. The molecule has 0 radical (unpaired) electrons. The summed E-state index contributed by atoms with van der Waals surface area (Å²) >= 11 is 5.79. The lowest BCUT2D eigenvalue weighted by molar-refractivity contribution is 0.211. The van der Waals surface area contributed by atoms with Crippen LogP contribution in [0.2, 0.25) is 5.28 Å². The largest absolute Gasteiger partial charge is 0.461 e. The van der Waals surface area contributed by atoms with E-state index in [1.807, 2.05) is 44.2 Å². The van der Waals surface area contributed by atoms with Crippen LogP contribution in [-0.2, 0) is 6.61 Å². The van der Waals surface area contributed by atoms with Crippen LogP contribution in [0.3, 0.4) is 0 Å². The van der Waals surface area contributed by atoms with E-state index in [4.69, 9.17) is 21.1 Å². The minimum Gasteiger partial charge on any atom is -0.461 e. The highest BCUT2D eigenvalue weighted by molar-refractivity contribution is 6.28. The van der Waals surface area contributed by atoms with Gasteiger partial charge in [0.2, 0.25) is 5.28 Å². The van der Waals surface area contributed by atoms with Crippen molar-refractivity contribution >= 4 is 11.6 Å². The van der Waals surface area contributed by atoms with Gasteiger partial charge >= 0.3 is 12.0 Å². The lowest BCUT2D eigenvalue weighted by atomic mass is 10.2. The highest BCUT2D eigenvalue weighted by Crippen LogP contribution is 2.15. The minimum absolute atomic E-state index is 0.0413. The summed E-state index contributed by atoms with van der Waals surface area (Å²) in [5.74, 6) is 0. The summed E-state index contributed by atoms with van der Waals surface area (Å²) in [6.07, 6.45) is -0.0413. The van der Waals surface area contributed by atoms with Crippen LogP contribution in [0.5, 0.6) is 12.0 Å².